The first-order chi connectivity index (χ1) is 10.7. The predicted molar refractivity (Wildman–Crippen MR) is 85.3 cm³/mol. The molecule has 1 aliphatic rings. The lowest BCUT2D eigenvalue weighted by Crippen LogP contribution is -2.45. The quantitative estimate of drug-likeness (QED) is 0.860. The number of nitrogens with zero attached hydrogens (tertiary/aromatic N) is 3. The minimum absolute atomic E-state index is 0.0674. The number of carbonyl (C=O) groups is 1. The number of piperidine rings is 1. The number of rotatable bonds is 4. The summed E-state index contributed by atoms with van der Waals surface area (Å²) >= 11 is 7.36. The SMILES string of the molecule is O=C(Cc1cccs1)N1CCCC(Oc2ncc(Cl)cn2)C1. The van der Waals surface area contributed by atoms with Gasteiger partial charge in [0.1, 0.15) is 6.10 Å². The zero-order valence-corrected chi connectivity index (χ0v) is 13.5. The molecule has 0 aromatic carbocycles. The van der Waals surface area contributed by atoms with Crippen molar-refractivity contribution in [1.82, 2.24) is 14.9 Å². The van der Waals surface area contributed by atoms with E-state index in [0.29, 0.717) is 24.0 Å². The summed E-state index contributed by atoms with van der Waals surface area (Å²) in [5.74, 6) is 0.146. The highest BCUT2D eigenvalue weighted by atomic mass is 35.5. The second-order valence-electron chi connectivity index (χ2n) is 5.16. The maximum atomic E-state index is 12.3. The van der Waals surface area contributed by atoms with Gasteiger partial charge in [0, 0.05) is 11.4 Å². The lowest BCUT2D eigenvalue weighted by Gasteiger charge is -2.32. The molecule has 2 aromatic rings. The first-order valence-electron chi connectivity index (χ1n) is 7.15. The minimum Gasteiger partial charge on any atom is -0.458 e. The molecule has 0 aliphatic carbocycles. The number of hydrogen-bond donors (Lipinski definition) is 0. The van der Waals surface area contributed by atoms with Crippen LogP contribution >= 0.6 is 22.9 Å². The molecule has 0 radical (unpaired) electrons. The highest BCUT2D eigenvalue weighted by Gasteiger charge is 2.25. The number of likely N-dealkylation sites (tertiary alicyclic amines) is 1. The number of ether oxygens (including phenoxy) is 1. The summed E-state index contributed by atoms with van der Waals surface area (Å²) in [6.45, 7) is 1.36. The average molecular weight is 338 g/mol. The zero-order valence-electron chi connectivity index (χ0n) is 11.9. The van der Waals surface area contributed by atoms with Crippen molar-refractivity contribution in [3.63, 3.8) is 0 Å². The summed E-state index contributed by atoms with van der Waals surface area (Å²) < 4.78 is 5.75. The number of carbonyl (C=O) groups excluding carboxylic acids is 1. The van der Waals surface area contributed by atoms with Gasteiger partial charge in [-0.2, -0.15) is 0 Å². The van der Waals surface area contributed by atoms with Gasteiger partial charge in [-0.25, -0.2) is 9.97 Å². The van der Waals surface area contributed by atoms with Crippen molar-refractivity contribution in [1.29, 1.82) is 0 Å². The van der Waals surface area contributed by atoms with Crippen LogP contribution in [0.15, 0.2) is 29.9 Å². The third-order valence-electron chi connectivity index (χ3n) is 3.51. The largest absolute Gasteiger partial charge is 0.458 e. The van der Waals surface area contributed by atoms with Crippen molar-refractivity contribution in [3.8, 4) is 6.01 Å². The van der Waals surface area contributed by atoms with Gasteiger partial charge in [0.15, 0.2) is 0 Å². The molecule has 116 valence electrons. The van der Waals surface area contributed by atoms with Crippen LogP contribution in [0, 0.1) is 0 Å². The van der Waals surface area contributed by atoms with Crippen molar-refractivity contribution in [2.45, 2.75) is 25.4 Å². The summed E-state index contributed by atoms with van der Waals surface area (Å²) in [6.07, 6.45) is 5.23. The van der Waals surface area contributed by atoms with E-state index in [-0.39, 0.29) is 12.0 Å². The molecule has 1 amide bonds. The molecule has 7 heteroatoms. The van der Waals surface area contributed by atoms with Gasteiger partial charge < -0.3 is 9.64 Å². The second kappa shape index (κ2) is 7.07. The van der Waals surface area contributed by atoms with E-state index in [0.717, 1.165) is 24.3 Å². The maximum absolute atomic E-state index is 12.3. The molecule has 3 heterocycles. The van der Waals surface area contributed by atoms with Gasteiger partial charge in [0.05, 0.1) is 30.4 Å². The third-order valence-corrected chi connectivity index (χ3v) is 4.58. The average Bonchev–Trinajstić information content (AvgIpc) is 3.03. The van der Waals surface area contributed by atoms with Crippen LogP contribution in [0.2, 0.25) is 5.02 Å². The summed E-state index contributed by atoms with van der Waals surface area (Å²) in [5, 5.41) is 2.46. The molecule has 22 heavy (non-hydrogen) atoms. The lowest BCUT2D eigenvalue weighted by molar-refractivity contribution is -0.133. The van der Waals surface area contributed by atoms with Crippen LogP contribution in [-0.2, 0) is 11.2 Å². The topological polar surface area (TPSA) is 55.3 Å². The van der Waals surface area contributed by atoms with Crippen LogP contribution in [0.1, 0.15) is 17.7 Å². The fourth-order valence-electron chi connectivity index (χ4n) is 2.45. The van der Waals surface area contributed by atoms with E-state index in [1.807, 2.05) is 22.4 Å². The molecule has 0 N–H and O–H groups in total. The molecular weight excluding hydrogens is 322 g/mol. The summed E-state index contributed by atoms with van der Waals surface area (Å²) in [5.41, 5.74) is 0. The van der Waals surface area contributed by atoms with Crippen molar-refractivity contribution >= 4 is 28.8 Å². The minimum atomic E-state index is -0.0674. The first kappa shape index (κ1) is 15.2. The van der Waals surface area contributed by atoms with Gasteiger partial charge >= 0.3 is 6.01 Å². The molecule has 0 bridgehead atoms. The number of thiophene rings is 1. The van der Waals surface area contributed by atoms with Gasteiger partial charge in [0.25, 0.3) is 0 Å². The van der Waals surface area contributed by atoms with Gasteiger partial charge in [-0.15, -0.1) is 11.3 Å². The summed E-state index contributed by atoms with van der Waals surface area (Å²) in [4.78, 5) is 23.4. The molecule has 1 unspecified atom stereocenters. The monoisotopic (exact) mass is 337 g/mol. The first-order valence-corrected chi connectivity index (χ1v) is 8.41. The lowest BCUT2D eigenvalue weighted by atomic mass is 10.1. The standard InChI is InChI=1S/C15H16ClN3O2S/c16-11-8-17-15(18-9-11)21-12-3-1-5-19(10-12)14(20)7-13-4-2-6-22-13/h2,4,6,8-9,12H,1,3,5,7,10H2. The fraction of sp³-hybridized carbons (Fsp3) is 0.400. The Balaban J connectivity index is 1.56. The Hall–Kier alpha value is -1.66. The smallest absolute Gasteiger partial charge is 0.316 e. The highest BCUT2D eigenvalue weighted by Crippen LogP contribution is 2.18. The number of amides is 1. The Morgan fingerprint density at radius 1 is 1.45 bits per heavy atom. The van der Waals surface area contributed by atoms with Crippen LogP contribution in [0.4, 0.5) is 0 Å². The Labute approximate surface area is 137 Å². The van der Waals surface area contributed by atoms with Crippen LogP contribution in [0.5, 0.6) is 6.01 Å². The van der Waals surface area contributed by atoms with Crippen LogP contribution < -0.4 is 4.74 Å². The Kier molecular flexibility index (Phi) is 4.90. The van der Waals surface area contributed by atoms with Crippen molar-refractivity contribution in [2.24, 2.45) is 0 Å². The zero-order chi connectivity index (χ0) is 15.4. The van der Waals surface area contributed by atoms with E-state index in [4.69, 9.17) is 16.3 Å². The molecule has 0 spiro atoms. The molecule has 1 atom stereocenters. The van der Waals surface area contributed by atoms with Crippen molar-refractivity contribution in [3.05, 3.63) is 39.8 Å². The number of aromatic nitrogens is 2. The van der Waals surface area contributed by atoms with E-state index < -0.39 is 0 Å². The van der Waals surface area contributed by atoms with E-state index >= 15 is 0 Å². The van der Waals surface area contributed by atoms with Crippen LogP contribution in [0.3, 0.4) is 0 Å². The molecule has 5 nitrogen and oxygen atoms in total. The van der Waals surface area contributed by atoms with Crippen molar-refractivity contribution < 1.29 is 9.53 Å². The Morgan fingerprint density at radius 2 is 2.27 bits per heavy atom. The Morgan fingerprint density at radius 3 is 3.00 bits per heavy atom. The molecule has 1 fully saturated rings. The van der Waals surface area contributed by atoms with E-state index in [9.17, 15) is 4.79 Å². The fourth-order valence-corrected chi connectivity index (χ4v) is 3.24. The highest BCUT2D eigenvalue weighted by molar-refractivity contribution is 7.10. The van der Waals surface area contributed by atoms with E-state index in [2.05, 4.69) is 9.97 Å². The Bertz CT molecular complexity index is 618. The number of hydrogen-bond acceptors (Lipinski definition) is 5. The van der Waals surface area contributed by atoms with Crippen molar-refractivity contribution in [2.75, 3.05) is 13.1 Å². The van der Waals surface area contributed by atoms with E-state index in [1.165, 1.54) is 12.4 Å². The van der Waals surface area contributed by atoms with Gasteiger partial charge in [0.2, 0.25) is 5.91 Å². The van der Waals surface area contributed by atoms with E-state index in [1.54, 1.807) is 11.3 Å². The third kappa shape index (κ3) is 3.96. The summed E-state index contributed by atoms with van der Waals surface area (Å²) in [7, 11) is 0. The molecular formula is C15H16ClN3O2S. The maximum Gasteiger partial charge on any atom is 0.316 e. The second-order valence-corrected chi connectivity index (χ2v) is 6.63. The molecule has 0 saturated carbocycles. The predicted octanol–water partition coefficient (Wildman–Crippen LogP) is 2.80. The summed E-state index contributed by atoms with van der Waals surface area (Å²) in [6, 6.07) is 4.26. The van der Waals surface area contributed by atoms with Gasteiger partial charge in [-0.3, -0.25) is 4.79 Å². The molecule has 1 saturated heterocycles. The molecule has 2 aromatic heterocycles. The van der Waals surface area contributed by atoms with Crippen LogP contribution in [-0.4, -0.2) is 40.0 Å². The van der Waals surface area contributed by atoms with Gasteiger partial charge in [-0.05, 0) is 24.3 Å². The number of halogens is 1. The van der Waals surface area contributed by atoms with Gasteiger partial charge in [-0.1, -0.05) is 17.7 Å². The molecule has 3 rings (SSSR count). The van der Waals surface area contributed by atoms with Crippen LogP contribution in [0.25, 0.3) is 0 Å². The molecule has 1 aliphatic heterocycles. The normalized spacial score (nSPS) is 18.2.